The van der Waals surface area contributed by atoms with Crippen molar-refractivity contribution in [1.29, 1.82) is 0 Å². The highest BCUT2D eigenvalue weighted by Crippen LogP contribution is 2.38. The molecule has 1 fully saturated rings. The summed E-state index contributed by atoms with van der Waals surface area (Å²) in [5.74, 6) is -0.0804. The normalized spacial score (nSPS) is 15.2. The van der Waals surface area contributed by atoms with Crippen LogP contribution in [0.4, 0.5) is 10.5 Å². The first-order chi connectivity index (χ1) is 24.0. The van der Waals surface area contributed by atoms with Gasteiger partial charge < -0.3 is 15.4 Å². The van der Waals surface area contributed by atoms with Crippen LogP contribution in [0.15, 0.2) is 115 Å². The van der Waals surface area contributed by atoms with Crippen LogP contribution < -0.4 is 21.5 Å². The summed E-state index contributed by atoms with van der Waals surface area (Å²) in [5.41, 5.74) is 10.2. The molecule has 1 saturated carbocycles. The molecule has 0 saturated heterocycles. The minimum Gasteiger partial charge on any atom is -0.372 e. The number of amides is 4. The van der Waals surface area contributed by atoms with E-state index in [1.165, 1.54) is 0 Å². The first-order valence-electron chi connectivity index (χ1n) is 15.8. The number of carbonyl (C=O) groups excluding carboxylic acids is 3. The van der Waals surface area contributed by atoms with Crippen LogP contribution in [0.5, 0.6) is 0 Å². The predicted octanol–water partition coefficient (Wildman–Crippen LogP) is 4.89. The Morgan fingerprint density at radius 3 is 2.20 bits per heavy atom. The number of benzene rings is 3. The van der Waals surface area contributed by atoms with Gasteiger partial charge >= 0.3 is 6.03 Å². The van der Waals surface area contributed by atoms with Crippen LogP contribution in [-0.4, -0.2) is 44.7 Å². The minimum atomic E-state index is -1.29. The molecule has 0 radical (unpaired) electrons. The second kappa shape index (κ2) is 14.2. The smallest absolute Gasteiger partial charge is 0.335 e. The lowest BCUT2D eigenvalue weighted by Crippen LogP contribution is -2.52. The Labute approximate surface area is 282 Å². The van der Waals surface area contributed by atoms with E-state index in [1.807, 2.05) is 72.8 Å². The van der Waals surface area contributed by atoms with E-state index in [1.54, 1.807) is 36.8 Å². The molecule has 49 heavy (non-hydrogen) atoms. The number of nitrogens with zero attached hydrogens (tertiary/aromatic N) is 4. The van der Waals surface area contributed by atoms with E-state index in [4.69, 9.17) is 4.74 Å². The molecule has 0 bridgehead atoms. The molecule has 0 unspecified atom stereocenters. The van der Waals surface area contributed by atoms with Gasteiger partial charge in [-0.2, -0.15) is 0 Å². The van der Waals surface area contributed by atoms with Gasteiger partial charge in [-0.1, -0.05) is 78.9 Å². The van der Waals surface area contributed by atoms with Gasteiger partial charge in [0.2, 0.25) is 6.17 Å². The predicted molar refractivity (Wildman–Crippen MR) is 182 cm³/mol. The number of benzodiazepines with no additional fused rings is 1. The van der Waals surface area contributed by atoms with E-state index >= 15 is 0 Å². The summed E-state index contributed by atoms with van der Waals surface area (Å²) >= 11 is 0. The fourth-order valence-electron chi connectivity index (χ4n) is 5.39. The number of urea groups is 1. The fraction of sp³-hybridized carbons (Fsp3) is 0.162. The average Bonchev–Trinajstić information content (AvgIpc) is 4.00. The third kappa shape index (κ3) is 7.50. The summed E-state index contributed by atoms with van der Waals surface area (Å²) in [6.07, 6.45) is 5.74. The molecule has 0 spiro atoms. The molecule has 1 aliphatic carbocycles. The summed E-state index contributed by atoms with van der Waals surface area (Å²) in [7, 11) is 0. The number of hydrogen-bond donors (Lipinski definition) is 4. The zero-order valence-electron chi connectivity index (χ0n) is 26.3. The number of fused-ring (bicyclic) bond motifs is 1. The lowest BCUT2D eigenvalue weighted by molar-refractivity contribution is -0.117. The van der Waals surface area contributed by atoms with Crippen molar-refractivity contribution < 1.29 is 19.1 Å². The summed E-state index contributed by atoms with van der Waals surface area (Å²) in [6.45, 7) is 0.676. The molecule has 12 nitrogen and oxygen atoms in total. The molecule has 4 N–H and O–H groups in total. The first kappa shape index (κ1) is 31.3. The van der Waals surface area contributed by atoms with Gasteiger partial charge in [0.05, 0.1) is 24.6 Å². The van der Waals surface area contributed by atoms with E-state index in [9.17, 15) is 14.4 Å². The van der Waals surface area contributed by atoms with Crippen LogP contribution in [0.1, 0.15) is 57.3 Å². The highest BCUT2D eigenvalue weighted by molar-refractivity contribution is 6.19. The van der Waals surface area contributed by atoms with Gasteiger partial charge in [0.25, 0.3) is 11.8 Å². The minimum absolute atomic E-state index is 0.0434. The third-order valence-corrected chi connectivity index (χ3v) is 8.02. The topological polar surface area (TPSA) is 160 Å². The van der Waals surface area contributed by atoms with Crippen molar-refractivity contribution in [1.82, 2.24) is 31.1 Å². The number of ether oxygens (including phenoxy) is 1. The Balaban J connectivity index is 1.06. The second-order valence-electron chi connectivity index (χ2n) is 11.7. The van der Waals surface area contributed by atoms with Gasteiger partial charge in [0.15, 0.2) is 0 Å². The summed E-state index contributed by atoms with van der Waals surface area (Å²) in [5, 5.41) is 5.37. The molecule has 1 atom stereocenters. The molecular formula is C37H32N8O4. The van der Waals surface area contributed by atoms with E-state index in [0.717, 1.165) is 35.4 Å². The van der Waals surface area contributed by atoms with Crippen LogP contribution in [0.25, 0.3) is 11.1 Å². The number of hydrogen-bond acceptors (Lipinski definition) is 8. The lowest BCUT2D eigenvalue weighted by atomic mass is 10.0. The van der Waals surface area contributed by atoms with E-state index in [0.29, 0.717) is 40.6 Å². The zero-order chi connectivity index (χ0) is 33.6. The molecule has 2 aliphatic rings. The number of rotatable bonds is 9. The molecule has 7 rings (SSSR count). The second-order valence-corrected chi connectivity index (χ2v) is 11.7. The van der Waals surface area contributed by atoms with E-state index < -0.39 is 24.0 Å². The maximum Gasteiger partial charge on any atom is 0.335 e. The molecule has 1 aliphatic heterocycles. The molecule has 3 heterocycles. The van der Waals surface area contributed by atoms with Crippen molar-refractivity contribution in [2.45, 2.75) is 38.1 Å². The van der Waals surface area contributed by atoms with Crippen molar-refractivity contribution >= 4 is 29.2 Å². The summed E-state index contributed by atoms with van der Waals surface area (Å²) < 4.78 is 5.90. The highest BCUT2D eigenvalue weighted by atomic mass is 16.5. The fourth-order valence-corrected chi connectivity index (χ4v) is 5.39. The third-order valence-electron chi connectivity index (χ3n) is 8.02. The van der Waals surface area contributed by atoms with Gasteiger partial charge in [-0.3, -0.25) is 15.0 Å². The Kier molecular flexibility index (Phi) is 9.10. The average molecular weight is 653 g/mol. The van der Waals surface area contributed by atoms with Crippen molar-refractivity contribution in [3.8, 4) is 11.1 Å². The van der Waals surface area contributed by atoms with Gasteiger partial charge in [0, 0.05) is 46.8 Å². The molecule has 5 aromatic rings. The molecule has 2 aromatic heterocycles. The summed E-state index contributed by atoms with van der Waals surface area (Å²) in [6, 6.07) is 27.4. The lowest BCUT2D eigenvalue weighted by Gasteiger charge is -2.15. The van der Waals surface area contributed by atoms with Crippen LogP contribution in [-0.2, 0) is 22.7 Å². The number of aliphatic imine (C=N–C) groups is 1. The van der Waals surface area contributed by atoms with Crippen molar-refractivity contribution in [3.05, 3.63) is 143 Å². The zero-order valence-corrected chi connectivity index (χ0v) is 26.3. The van der Waals surface area contributed by atoms with E-state index in [2.05, 4.69) is 41.4 Å². The number of nitrogens with one attached hydrogen (secondary N) is 4. The van der Waals surface area contributed by atoms with Gasteiger partial charge in [0.1, 0.15) is 11.5 Å². The molecule has 244 valence electrons. The SMILES string of the molecule is O=C(NNC(=O)c1ncc(COCc2ccccc2)cc1-c1cnc(C2CC2)nc1)N[C@H]1N=C(c2ccccc2)c2ccccc2NC1=O. The number of carbonyl (C=O) groups is 3. The highest BCUT2D eigenvalue weighted by Gasteiger charge is 2.28. The number of para-hydroxylation sites is 1. The number of anilines is 1. The van der Waals surface area contributed by atoms with Crippen molar-refractivity contribution in [2.75, 3.05) is 5.32 Å². The first-order valence-corrected chi connectivity index (χ1v) is 15.8. The largest absolute Gasteiger partial charge is 0.372 e. The van der Waals surface area contributed by atoms with Crippen LogP contribution >= 0.6 is 0 Å². The maximum absolute atomic E-state index is 13.4. The van der Waals surface area contributed by atoms with Gasteiger partial charge in [-0.25, -0.2) is 30.2 Å². The number of hydrazine groups is 1. The number of pyridine rings is 1. The molecular weight excluding hydrogens is 620 g/mol. The van der Waals surface area contributed by atoms with Gasteiger partial charge in [-0.05, 0) is 36.1 Å². The maximum atomic E-state index is 13.4. The van der Waals surface area contributed by atoms with Crippen molar-refractivity contribution in [3.63, 3.8) is 0 Å². The Morgan fingerprint density at radius 2 is 1.45 bits per heavy atom. The van der Waals surface area contributed by atoms with Gasteiger partial charge in [-0.15, -0.1) is 0 Å². The van der Waals surface area contributed by atoms with Crippen molar-refractivity contribution in [2.24, 2.45) is 4.99 Å². The van der Waals surface area contributed by atoms with E-state index in [-0.39, 0.29) is 12.3 Å². The number of aromatic nitrogens is 3. The molecule has 12 heteroatoms. The van der Waals surface area contributed by atoms with Crippen LogP contribution in [0.3, 0.4) is 0 Å². The standard InChI is InChI=1S/C37H32N8O4/c46-35(44-45-37(48)43-34-36(47)41-30-14-8-7-13-28(30)31(42-34)25-11-5-2-6-12-25)32-29(27-19-39-33(40-20-27)26-15-16-26)17-24(18-38-32)22-49-21-23-9-3-1-4-10-23/h1-14,17-20,26,34H,15-16,21-22H2,(H,41,47)(H,44,46)(H2,43,45,48)/t34-/m1/s1. The van der Waals surface area contributed by atoms with Crippen LogP contribution in [0.2, 0.25) is 0 Å². The Morgan fingerprint density at radius 1 is 0.755 bits per heavy atom. The Bertz CT molecular complexity index is 2020. The summed E-state index contributed by atoms with van der Waals surface area (Å²) in [4.78, 5) is 57.7. The monoisotopic (exact) mass is 652 g/mol. The molecule has 3 aromatic carbocycles. The Hall–Kier alpha value is -6.27. The molecule has 4 amide bonds. The van der Waals surface area contributed by atoms with Crippen LogP contribution in [0, 0.1) is 0 Å². The quantitative estimate of drug-likeness (QED) is 0.165.